The maximum absolute atomic E-state index is 13.4. The van der Waals surface area contributed by atoms with E-state index in [1.165, 1.54) is 0 Å². The monoisotopic (exact) mass is 447 g/mol. The molecule has 7 heteroatoms. The topological polar surface area (TPSA) is 98.2 Å². The Balaban J connectivity index is 2.06. The molecule has 0 amide bonds. The number of pyridine rings is 1. The molecule has 2 aromatic heterocycles. The highest BCUT2D eigenvalue weighted by Gasteiger charge is 2.20. The molecule has 32 heavy (non-hydrogen) atoms. The molecule has 0 aliphatic rings. The fraction of sp³-hybridized carbons (Fsp3) is 0.240. The van der Waals surface area contributed by atoms with E-state index in [0.717, 1.165) is 39.1 Å². The summed E-state index contributed by atoms with van der Waals surface area (Å²) in [6, 6.07) is 15.5. The van der Waals surface area contributed by atoms with Crippen molar-refractivity contribution in [3.8, 4) is 21.7 Å². The fourth-order valence-electron chi connectivity index (χ4n) is 4.04. The van der Waals surface area contributed by atoms with E-state index in [2.05, 4.69) is 18.8 Å². The minimum atomic E-state index is -0.987. The zero-order valence-electron chi connectivity index (χ0n) is 18.3. The number of rotatable bonds is 6. The predicted octanol–water partition coefficient (Wildman–Crippen LogP) is 4.91. The molecule has 0 saturated carbocycles. The molecular weight excluding hydrogens is 422 g/mol. The average molecular weight is 448 g/mol. The molecule has 0 radical (unpaired) electrons. The van der Waals surface area contributed by atoms with Gasteiger partial charge in [-0.2, -0.15) is 0 Å². The van der Waals surface area contributed by atoms with Gasteiger partial charge in [-0.05, 0) is 35.9 Å². The summed E-state index contributed by atoms with van der Waals surface area (Å²) < 4.78 is 1.80. The number of hydrogen-bond donors (Lipinski definition) is 2. The van der Waals surface area contributed by atoms with Crippen LogP contribution in [-0.4, -0.2) is 20.6 Å². The first-order chi connectivity index (χ1) is 15.3. The quantitative estimate of drug-likeness (QED) is 0.437. The van der Waals surface area contributed by atoms with Crippen molar-refractivity contribution in [2.45, 2.75) is 33.9 Å². The SMILES string of the molecule is Cc1nc(-c2ccc3c(=O)n(CC(C)C)c(CN)c(-c4ccccc4)c3c2)sc1C(=O)O. The van der Waals surface area contributed by atoms with Crippen molar-refractivity contribution >= 4 is 28.1 Å². The van der Waals surface area contributed by atoms with Gasteiger partial charge in [0.25, 0.3) is 5.56 Å². The van der Waals surface area contributed by atoms with Gasteiger partial charge in [-0.15, -0.1) is 11.3 Å². The molecule has 0 aliphatic heterocycles. The van der Waals surface area contributed by atoms with Gasteiger partial charge < -0.3 is 15.4 Å². The third kappa shape index (κ3) is 3.85. The Morgan fingerprint density at radius 2 is 1.84 bits per heavy atom. The van der Waals surface area contributed by atoms with Gasteiger partial charge in [0.1, 0.15) is 9.88 Å². The van der Waals surface area contributed by atoms with Crippen molar-refractivity contribution in [2.24, 2.45) is 11.7 Å². The van der Waals surface area contributed by atoms with E-state index >= 15 is 0 Å². The normalized spacial score (nSPS) is 11.4. The van der Waals surface area contributed by atoms with Crippen molar-refractivity contribution in [1.82, 2.24) is 9.55 Å². The number of aromatic carboxylic acids is 1. The Morgan fingerprint density at radius 3 is 2.44 bits per heavy atom. The molecule has 0 atom stereocenters. The highest BCUT2D eigenvalue weighted by molar-refractivity contribution is 7.17. The lowest BCUT2D eigenvalue weighted by molar-refractivity contribution is 0.0701. The second-order valence-electron chi connectivity index (χ2n) is 8.20. The number of thiazole rings is 1. The number of aromatic nitrogens is 2. The predicted molar refractivity (Wildman–Crippen MR) is 129 cm³/mol. The van der Waals surface area contributed by atoms with Crippen LogP contribution in [0.3, 0.4) is 0 Å². The first-order valence-corrected chi connectivity index (χ1v) is 11.3. The Hall–Kier alpha value is -3.29. The molecule has 3 N–H and O–H groups in total. The van der Waals surface area contributed by atoms with Crippen molar-refractivity contribution < 1.29 is 9.90 Å². The number of hydrogen-bond acceptors (Lipinski definition) is 5. The smallest absolute Gasteiger partial charge is 0.347 e. The van der Waals surface area contributed by atoms with Crippen LogP contribution in [0.15, 0.2) is 53.3 Å². The van der Waals surface area contributed by atoms with Gasteiger partial charge in [-0.25, -0.2) is 9.78 Å². The van der Waals surface area contributed by atoms with E-state index in [1.807, 2.05) is 48.5 Å². The summed E-state index contributed by atoms with van der Waals surface area (Å²) in [4.78, 5) is 29.6. The van der Waals surface area contributed by atoms with Gasteiger partial charge in [-0.1, -0.05) is 50.2 Å². The lowest BCUT2D eigenvalue weighted by Crippen LogP contribution is -2.28. The summed E-state index contributed by atoms with van der Waals surface area (Å²) >= 11 is 1.14. The number of benzene rings is 2. The van der Waals surface area contributed by atoms with E-state index in [-0.39, 0.29) is 22.9 Å². The molecule has 0 unspecified atom stereocenters. The van der Waals surface area contributed by atoms with Gasteiger partial charge in [0.05, 0.1) is 5.69 Å². The van der Waals surface area contributed by atoms with Crippen LogP contribution in [0.25, 0.3) is 32.5 Å². The van der Waals surface area contributed by atoms with Crippen LogP contribution >= 0.6 is 11.3 Å². The number of carboxylic acid groups (broad SMARTS) is 1. The molecule has 6 nitrogen and oxygen atoms in total. The number of carbonyl (C=O) groups is 1. The Morgan fingerprint density at radius 1 is 1.12 bits per heavy atom. The van der Waals surface area contributed by atoms with Gasteiger partial charge in [0.15, 0.2) is 0 Å². The molecular formula is C25H25N3O3S. The summed E-state index contributed by atoms with van der Waals surface area (Å²) in [5.41, 5.74) is 10.1. The van der Waals surface area contributed by atoms with Crippen molar-refractivity contribution in [1.29, 1.82) is 0 Å². The summed E-state index contributed by atoms with van der Waals surface area (Å²) in [5.74, 6) is -0.704. The second-order valence-corrected chi connectivity index (χ2v) is 9.20. The standard InChI is InChI=1S/C25H25N3O3S/c1-14(2)13-28-20(12-26)21(16-7-5-4-6-8-16)19-11-17(9-10-18(19)24(28)29)23-27-15(3)22(32-23)25(30)31/h4-11,14H,12-13,26H2,1-3H3,(H,30,31). The van der Waals surface area contributed by atoms with Gasteiger partial charge in [-0.3, -0.25) is 4.79 Å². The third-order valence-electron chi connectivity index (χ3n) is 5.42. The molecule has 4 rings (SSSR count). The highest BCUT2D eigenvalue weighted by atomic mass is 32.1. The molecule has 0 spiro atoms. The summed E-state index contributed by atoms with van der Waals surface area (Å²) in [7, 11) is 0. The number of fused-ring (bicyclic) bond motifs is 1. The van der Waals surface area contributed by atoms with E-state index in [1.54, 1.807) is 11.5 Å². The zero-order valence-corrected chi connectivity index (χ0v) is 19.1. The van der Waals surface area contributed by atoms with E-state index in [0.29, 0.717) is 22.6 Å². The average Bonchev–Trinajstić information content (AvgIpc) is 3.17. The summed E-state index contributed by atoms with van der Waals surface area (Å²) in [5, 5.41) is 11.4. The first-order valence-electron chi connectivity index (χ1n) is 10.5. The lowest BCUT2D eigenvalue weighted by Gasteiger charge is -2.21. The second kappa shape index (κ2) is 8.68. The van der Waals surface area contributed by atoms with Gasteiger partial charge in [0, 0.05) is 35.3 Å². The first kappa shape index (κ1) is 21.9. The molecule has 2 heterocycles. The zero-order chi connectivity index (χ0) is 23.0. The summed E-state index contributed by atoms with van der Waals surface area (Å²) in [6.07, 6.45) is 0. The molecule has 164 valence electrons. The Bertz CT molecular complexity index is 1370. The van der Waals surface area contributed by atoms with Crippen LogP contribution in [0, 0.1) is 12.8 Å². The van der Waals surface area contributed by atoms with Crippen molar-refractivity contribution in [3.05, 3.63) is 75.1 Å². The lowest BCUT2D eigenvalue weighted by atomic mass is 9.95. The van der Waals surface area contributed by atoms with E-state index < -0.39 is 5.97 Å². The molecule has 2 aromatic carbocycles. The van der Waals surface area contributed by atoms with E-state index in [4.69, 9.17) is 5.73 Å². The number of aryl methyl sites for hydroxylation is 1. The maximum atomic E-state index is 13.4. The molecule has 4 aromatic rings. The maximum Gasteiger partial charge on any atom is 0.347 e. The minimum Gasteiger partial charge on any atom is -0.477 e. The largest absolute Gasteiger partial charge is 0.477 e. The van der Waals surface area contributed by atoms with E-state index in [9.17, 15) is 14.7 Å². The molecule has 0 aliphatic carbocycles. The van der Waals surface area contributed by atoms with Crippen molar-refractivity contribution in [2.75, 3.05) is 0 Å². The van der Waals surface area contributed by atoms with Crippen molar-refractivity contribution in [3.63, 3.8) is 0 Å². The number of nitrogens with two attached hydrogens (primary N) is 1. The van der Waals surface area contributed by atoms with Crippen LogP contribution in [0.1, 0.15) is 34.9 Å². The summed E-state index contributed by atoms with van der Waals surface area (Å²) in [6.45, 7) is 6.65. The van der Waals surface area contributed by atoms with Crippen LogP contribution in [0.2, 0.25) is 0 Å². The van der Waals surface area contributed by atoms with Crippen LogP contribution in [0.4, 0.5) is 0 Å². The Kier molecular flexibility index (Phi) is 5.95. The van der Waals surface area contributed by atoms with Crippen LogP contribution in [-0.2, 0) is 13.1 Å². The Labute approximate surface area is 190 Å². The number of carboxylic acids is 1. The van der Waals surface area contributed by atoms with Crippen LogP contribution in [0.5, 0.6) is 0 Å². The highest BCUT2D eigenvalue weighted by Crippen LogP contribution is 2.35. The minimum absolute atomic E-state index is 0.0677. The van der Waals surface area contributed by atoms with Gasteiger partial charge >= 0.3 is 5.97 Å². The molecule has 0 bridgehead atoms. The third-order valence-corrected chi connectivity index (χ3v) is 6.61. The fourth-order valence-corrected chi connectivity index (χ4v) is 4.95. The van der Waals surface area contributed by atoms with Gasteiger partial charge in [0.2, 0.25) is 0 Å². The van der Waals surface area contributed by atoms with Crippen LogP contribution < -0.4 is 11.3 Å². The molecule has 0 fully saturated rings. The number of nitrogens with zero attached hydrogens (tertiary/aromatic N) is 2. The molecule has 0 saturated heterocycles.